The van der Waals surface area contributed by atoms with Crippen molar-refractivity contribution in [3.05, 3.63) is 34.3 Å². The highest BCUT2D eigenvalue weighted by Crippen LogP contribution is 2.41. The van der Waals surface area contributed by atoms with Gasteiger partial charge in [-0.05, 0) is 17.7 Å². The van der Waals surface area contributed by atoms with Crippen LogP contribution in [0.4, 0.5) is 13.2 Å². The number of benzene rings is 1. The molecule has 1 aromatic carbocycles. The van der Waals surface area contributed by atoms with E-state index in [0.717, 1.165) is 12.1 Å². The minimum atomic E-state index is -4.94. The Bertz CT molecular complexity index is 469. The van der Waals surface area contributed by atoms with E-state index in [9.17, 15) is 21.6 Å². The van der Waals surface area contributed by atoms with Crippen molar-refractivity contribution in [3.8, 4) is 0 Å². The summed E-state index contributed by atoms with van der Waals surface area (Å²) < 4.78 is 59.9. The zero-order chi connectivity index (χ0) is 12.6. The smallest absolute Gasteiger partial charge is 0.211 e. The van der Waals surface area contributed by atoms with Crippen LogP contribution >= 0.6 is 26.6 Å². The van der Waals surface area contributed by atoms with Crippen molar-refractivity contribution in [1.82, 2.24) is 0 Å². The van der Waals surface area contributed by atoms with Crippen LogP contribution in [0.1, 0.15) is 10.8 Å². The molecule has 0 heterocycles. The lowest BCUT2D eigenvalue weighted by molar-refractivity contribution is -0.131. The van der Waals surface area contributed by atoms with Crippen molar-refractivity contribution in [3.63, 3.8) is 0 Å². The highest BCUT2D eigenvalue weighted by molar-refractivity contribution is 9.10. The molecule has 0 aromatic heterocycles. The van der Waals surface area contributed by atoms with Gasteiger partial charge in [0.1, 0.15) is 0 Å². The molecule has 0 amide bonds. The summed E-state index contributed by atoms with van der Waals surface area (Å²) >= 11 is 3.03. The van der Waals surface area contributed by atoms with Gasteiger partial charge in [0, 0.05) is 15.2 Å². The summed E-state index contributed by atoms with van der Waals surface area (Å²) in [4.78, 5) is 0. The van der Waals surface area contributed by atoms with E-state index in [0.29, 0.717) is 4.47 Å². The fourth-order valence-electron chi connectivity index (χ4n) is 1.15. The molecular formula is C8H5BrClF3O2S. The van der Waals surface area contributed by atoms with Crippen molar-refractivity contribution in [1.29, 1.82) is 0 Å². The zero-order valence-corrected chi connectivity index (χ0v) is 10.7. The Kier molecular flexibility index (Phi) is 3.91. The minimum Gasteiger partial charge on any atom is -0.211 e. The van der Waals surface area contributed by atoms with Crippen molar-refractivity contribution < 1.29 is 21.6 Å². The second kappa shape index (κ2) is 4.54. The van der Waals surface area contributed by atoms with Crippen molar-refractivity contribution in [2.75, 3.05) is 0 Å². The Morgan fingerprint density at radius 2 is 1.62 bits per heavy atom. The zero-order valence-electron chi connectivity index (χ0n) is 7.50. The largest absolute Gasteiger partial charge is 0.410 e. The number of hydrogen-bond acceptors (Lipinski definition) is 2. The first kappa shape index (κ1) is 13.8. The number of halogens is 5. The van der Waals surface area contributed by atoms with Gasteiger partial charge < -0.3 is 0 Å². The van der Waals surface area contributed by atoms with E-state index in [1.54, 1.807) is 0 Å². The summed E-state index contributed by atoms with van der Waals surface area (Å²) in [5.41, 5.74) is -0.411. The summed E-state index contributed by atoms with van der Waals surface area (Å²) in [6.45, 7) is 0. The summed E-state index contributed by atoms with van der Waals surface area (Å²) in [7, 11) is 0.0420. The first-order valence-electron chi connectivity index (χ1n) is 3.88. The Morgan fingerprint density at radius 1 is 1.19 bits per heavy atom. The third-order valence-electron chi connectivity index (χ3n) is 1.75. The van der Waals surface area contributed by atoms with Gasteiger partial charge in [-0.25, -0.2) is 8.42 Å². The third-order valence-corrected chi connectivity index (χ3v) is 3.92. The summed E-state index contributed by atoms with van der Waals surface area (Å²) in [5.74, 6) is 0. The molecule has 90 valence electrons. The van der Waals surface area contributed by atoms with Gasteiger partial charge >= 0.3 is 6.18 Å². The van der Waals surface area contributed by atoms with Crippen molar-refractivity contribution >= 4 is 35.7 Å². The van der Waals surface area contributed by atoms with E-state index in [1.807, 2.05) is 0 Å². The first-order chi connectivity index (χ1) is 7.12. The average molecular weight is 338 g/mol. The van der Waals surface area contributed by atoms with Crippen LogP contribution in [0.15, 0.2) is 28.7 Å². The number of rotatable bonds is 2. The minimum absolute atomic E-state index is 0.411. The fourth-order valence-corrected chi connectivity index (χ4v) is 2.83. The average Bonchev–Trinajstić information content (AvgIpc) is 2.03. The van der Waals surface area contributed by atoms with E-state index < -0.39 is 26.0 Å². The lowest BCUT2D eigenvalue weighted by atomic mass is 10.1. The molecular weight excluding hydrogens is 333 g/mol. The lowest BCUT2D eigenvalue weighted by Crippen LogP contribution is -2.25. The number of hydrogen-bond donors (Lipinski definition) is 0. The summed E-state index contributed by atoms with van der Waals surface area (Å²) in [6, 6.07) is 4.75. The molecule has 0 aliphatic heterocycles. The quantitative estimate of drug-likeness (QED) is 0.773. The van der Waals surface area contributed by atoms with Crippen molar-refractivity contribution in [2.24, 2.45) is 0 Å². The highest BCUT2D eigenvalue weighted by atomic mass is 79.9. The maximum absolute atomic E-state index is 12.5. The van der Waals surface area contributed by atoms with Crippen LogP contribution in [0, 0.1) is 0 Å². The van der Waals surface area contributed by atoms with Gasteiger partial charge in [-0.2, -0.15) is 13.2 Å². The molecule has 0 bridgehead atoms. The topological polar surface area (TPSA) is 34.1 Å². The molecule has 0 spiro atoms. The van der Waals surface area contributed by atoms with Crippen LogP contribution in [0.2, 0.25) is 0 Å². The molecule has 0 saturated carbocycles. The monoisotopic (exact) mass is 336 g/mol. The molecule has 0 aliphatic rings. The Labute approximate surface area is 103 Å². The molecule has 1 unspecified atom stereocenters. The molecule has 1 atom stereocenters. The molecule has 16 heavy (non-hydrogen) atoms. The van der Waals surface area contributed by atoms with Gasteiger partial charge in [0.15, 0.2) is 5.25 Å². The van der Waals surface area contributed by atoms with E-state index in [-0.39, 0.29) is 0 Å². The summed E-state index contributed by atoms with van der Waals surface area (Å²) in [6.07, 6.45) is -4.94. The van der Waals surface area contributed by atoms with Crippen LogP contribution in [0.3, 0.4) is 0 Å². The second-order valence-electron chi connectivity index (χ2n) is 2.95. The molecule has 0 radical (unpaired) electrons. The van der Waals surface area contributed by atoms with Crippen molar-refractivity contribution in [2.45, 2.75) is 11.4 Å². The Hall–Kier alpha value is -0.270. The molecule has 1 aromatic rings. The van der Waals surface area contributed by atoms with E-state index in [1.165, 1.54) is 12.1 Å². The van der Waals surface area contributed by atoms with Gasteiger partial charge in [0.25, 0.3) is 0 Å². The van der Waals surface area contributed by atoms with Gasteiger partial charge in [-0.1, -0.05) is 28.1 Å². The second-order valence-corrected chi connectivity index (χ2v) is 6.58. The maximum atomic E-state index is 12.5. The normalized spacial score (nSPS) is 14.8. The molecule has 0 N–H and O–H groups in total. The van der Waals surface area contributed by atoms with Crippen LogP contribution in [-0.2, 0) is 9.05 Å². The van der Waals surface area contributed by atoms with E-state index >= 15 is 0 Å². The molecule has 1 rings (SSSR count). The van der Waals surface area contributed by atoms with Gasteiger partial charge in [0.2, 0.25) is 9.05 Å². The van der Waals surface area contributed by atoms with Crippen LogP contribution in [0.25, 0.3) is 0 Å². The van der Waals surface area contributed by atoms with E-state index in [2.05, 4.69) is 15.9 Å². The van der Waals surface area contributed by atoms with Gasteiger partial charge in [-0.15, -0.1) is 0 Å². The fraction of sp³-hybridized carbons (Fsp3) is 0.250. The molecule has 0 aliphatic carbocycles. The third kappa shape index (κ3) is 3.36. The predicted octanol–water partition coefficient (Wildman–Crippen LogP) is 3.62. The molecule has 0 fully saturated rings. The van der Waals surface area contributed by atoms with Gasteiger partial charge in [-0.3, -0.25) is 0 Å². The van der Waals surface area contributed by atoms with Crippen LogP contribution in [0.5, 0.6) is 0 Å². The summed E-state index contributed by atoms with van der Waals surface area (Å²) in [5, 5.41) is -2.70. The van der Waals surface area contributed by atoms with Gasteiger partial charge in [0.05, 0.1) is 0 Å². The lowest BCUT2D eigenvalue weighted by Gasteiger charge is -2.17. The Balaban J connectivity index is 3.29. The van der Waals surface area contributed by atoms with Crippen LogP contribution < -0.4 is 0 Å². The van der Waals surface area contributed by atoms with Crippen LogP contribution in [-0.4, -0.2) is 14.6 Å². The predicted molar refractivity (Wildman–Crippen MR) is 57.7 cm³/mol. The standard InChI is InChI=1S/C8H5BrClF3O2S/c9-6-3-1-5(2-4-6)7(8(11,12)13)16(10,14)15/h1-4,7H. The molecule has 2 nitrogen and oxygen atoms in total. The first-order valence-corrected chi connectivity index (χ1v) is 7.04. The maximum Gasteiger partial charge on any atom is 0.410 e. The Morgan fingerprint density at radius 3 is 1.94 bits per heavy atom. The SMILES string of the molecule is O=S(=O)(Cl)C(c1ccc(Br)cc1)C(F)(F)F. The van der Waals surface area contributed by atoms with E-state index in [4.69, 9.17) is 10.7 Å². The highest BCUT2D eigenvalue weighted by Gasteiger charge is 2.49. The molecule has 8 heteroatoms. The molecule has 0 saturated heterocycles. The number of alkyl halides is 3.